The maximum atomic E-state index is 13.0. The Morgan fingerprint density at radius 2 is 1.86 bits per heavy atom. The topological polar surface area (TPSA) is 88.8 Å². The predicted octanol–water partition coefficient (Wildman–Crippen LogP) is 4.27. The van der Waals surface area contributed by atoms with Crippen molar-refractivity contribution in [2.75, 3.05) is 25.5 Å². The molecule has 0 bridgehead atoms. The Morgan fingerprint density at radius 3 is 2.63 bits per heavy atom. The van der Waals surface area contributed by atoms with Gasteiger partial charge in [-0.25, -0.2) is 4.98 Å². The summed E-state index contributed by atoms with van der Waals surface area (Å²) in [5.74, 6) is 0.800. The van der Waals surface area contributed by atoms with Crippen molar-refractivity contribution in [1.82, 2.24) is 29.9 Å². The molecule has 1 N–H and O–H groups in total. The van der Waals surface area contributed by atoms with Crippen molar-refractivity contribution in [2.45, 2.75) is 31.6 Å². The van der Waals surface area contributed by atoms with Crippen LogP contribution in [0.4, 0.5) is 5.82 Å². The summed E-state index contributed by atoms with van der Waals surface area (Å²) in [4.78, 5) is 24.5. The van der Waals surface area contributed by atoms with Gasteiger partial charge in [0.05, 0.1) is 6.20 Å². The molecule has 0 atom stereocenters. The zero-order valence-electron chi connectivity index (χ0n) is 20.1. The first-order valence-electron chi connectivity index (χ1n) is 12.2. The summed E-state index contributed by atoms with van der Waals surface area (Å²) in [6, 6.07) is 11.7. The number of aryl methyl sites for hydroxylation is 1. The summed E-state index contributed by atoms with van der Waals surface area (Å²) in [6.45, 7) is 2.36. The second-order valence-corrected chi connectivity index (χ2v) is 10.2. The van der Waals surface area contributed by atoms with Crippen LogP contribution < -0.4 is 5.32 Å². The number of hydrogen-bond acceptors (Lipinski definition) is 6. The predicted molar refractivity (Wildman–Crippen MR) is 135 cm³/mol. The number of benzene rings is 1. The van der Waals surface area contributed by atoms with E-state index in [1.807, 2.05) is 43.6 Å². The standard InChI is InChI=1S/C27H29N7O/c1-33-9-6-27(7-10-33)14-22(15-27)23-12-19(5-8-28-23)26(35)30-25-13-21-11-18(3-4-20(21)16-29-25)24-17-34(2)32-31-24/h3-5,8,11-13,16-17,22H,6-7,9-10,14-15H2,1-2H3,(H,29,30,35). The second-order valence-electron chi connectivity index (χ2n) is 10.2. The van der Waals surface area contributed by atoms with Crippen LogP contribution in [0.25, 0.3) is 22.0 Å². The van der Waals surface area contributed by atoms with Gasteiger partial charge in [0.25, 0.3) is 5.91 Å². The Bertz CT molecular complexity index is 1400. The van der Waals surface area contributed by atoms with Gasteiger partial charge in [-0.05, 0) is 80.9 Å². The van der Waals surface area contributed by atoms with Gasteiger partial charge >= 0.3 is 0 Å². The number of hydrogen-bond donors (Lipinski definition) is 1. The molecule has 178 valence electrons. The molecular formula is C27H29N7O. The molecule has 2 fully saturated rings. The molecular weight excluding hydrogens is 438 g/mol. The molecule has 4 aromatic rings. The van der Waals surface area contributed by atoms with Crippen molar-refractivity contribution in [3.8, 4) is 11.3 Å². The molecule has 2 aliphatic rings. The average Bonchev–Trinajstić information content (AvgIpc) is 3.29. The molecule has 1 aliphatic carbocycles. The third kappa shape index (κ3) is 4.30. The van der Waals surface area contributed by atoms with E-state index in [4.69, 9.17) is 0 Å². The van der Waals surface area contributed by atoms with E-state index in [0.29, 0.717) is 22.7 Å². The van der Waals surface area contributed by atoms with Crippen molar-refractivity contribution in [2.24, 2.45) is 12.5 Å². The van der Waals surface area contributed by atoms with Crippen LogP contribution in [0.1, 0.15) is 47.7 Å². The van der Waals surface area contributed by atoms with Gasteiger partial charge in [-0.3, -0.25) is 14.5 Å². The van der Waals surface area contributed by atoms with Gasteiger partial charge in [-0.1, -0.05) is 17.3 Å². The maximum absolute atomic E-state index is 13.0. The first-order chi connectivity index (χ1) is 17.0. The highest BCUT2D eigenvalue weighted by molar-refractivity contribution is 6.04. The Labute approximate surface area is 204 Å². The van der Waals surface area contributed by atoms with Crippen molar-refractivity contribution in [3.05, 3.63) is 66.2 Å². The van der Waals surface area contributed by atoms with Gasteiger partial charge in [-0.15, -0.1) is 5.10 Å². The highest BCUT2D eigenvalue weighted by Gasteiger charge is 2.46. The minimum atomic E-state index is -0.168. The number of rotatable bonds is 4. The van der Waals surface area contributed by atoms with Crippen LogP contribution in [0.15, 0.2) is 55.0 Å². The lowest BCUT2D eigenvalue weighted by Crippen LogP contribution is -2.45. The zero-order chi connectivity index (χ0) is 24.0. The van der Waals surface area contributed by atoms with Crippen molar-refractivity contribution in [1.29, 1.82) is 0 Å². The van der Waals surface area contributed by atoms with Gasteiger partial charge in [-0.2, -0.15) is 0 Å². The van der Waals surface area contributed by atoms with Crippen LogP contribution >= 0.6 is 0 Å². The highest BCUT2D eigenvalue weighted by atomic mass is 16.1. The minimum absolute atomic E-state index is 0.168. The number of likely N-dealkylation sites (tertiary alicyclic amines) is 1. The smallest absolute Gasteiger partial charge is 0.256 e. The Morgan fingerprint density at radius 1 is 1.03 bits per heavy atom. The SMILES string of the molecule is CN1CCC2(CC1)CC(c1cc(C(=O)Nc3cc4cc(-c5cn(C)nn5)ccc4cn3)ccn1)C2. The van der Waals surface area contributed by atoms with E-state index in [1.165, 1.54) is 38.8 Å². The molecule has 1 aromatic carbocycles. The van der Waals surface area contributed by atoms with Crippen LogP contribution in [-0.2, 0) is 7.05 Å². The number of amides is 1. The number of carbonyl (C=O) groups is 1. The lowest BCUT2D eigenvalue weighted by molar-refractivity contribution is 0.0225. The van der Waals surface area contributed by atoms with Crippen LogP contribution in [-0.4, -0.2) is 55.9 Å². The van der Waals surface area contributed by atoms with Gasteiger partial charge < -0.3 is 10.2 Å². The van der Waals surface area contributed by atoms with E-state index in [1.54, 1.807) is 23.1 Å². The molecule has 1 saturated heterocycles. The third-order valence-electron chi connectivity index (χ3n) is 7.73. The van der Waals surface area contributed by atoms with Gasteiger partial charge in [0.15, 0.2) is 0 Å². The number of anilines is 1. The number of fused-ring (bicyclic) bond motifs is 1. The Hall–Kier alpha value is -3.65. The molecule has 4 heterocycles. The van der Waals surface area contributed by atoms with Crippen LogP contribution in [0.2, 0.25) is 0 Å². The fourth-order valence-corrected chi connectivity index (χ4v) is 5.55. The number of pyridine rings is 2. The number of piperidine rings is 1. The van der Waals surface area contributed by atoms with Crippen LogP contribution in [0, 0.1) is 5.41 Å². The number of nitrogens with one attached hydrogen (secondary N) is 1. The van der Waals surface area contributed by atoms with Crippen molar-refractivity contribution >= 4 is 22.5 Å². The molecule has 1 aliphatic heterocycles. The third-order valence-corrected chi connectivity index (χ3v) is 7.73. The number of carbonyl (C=O) groups excluding carboxylic acids is 1. The lowest BCUT2D eigenvalue weighted by Gasteiger charge is -2.51. The Balaban J connectivity index is 1.17. The summed E-state index contributed by atoms with van der Waals surface area (Å²) >= 11 is 0. The van der Waals surface area contributed by atoms with Gasteiger partial charge in [0, 0.05) is 47.6 Å². The molecule has 3 aromatic heterocycles. The monoisotopic (exact) mass is 467 g/mol. The normalized spacial score (nSPS) is 18.0. The largest absolute Gasteiger partial charge is 0.307 e. The summed E-state index contributed by atoms with van der Waals surface area (Å²) in [6.07, 6.45) is 10.3. The number of nitrogens with zero attached hydrogens (tertiary/aromatic N) is 6. The minimum Gasteiger partial charge on any atom is -0.307 e. The maximum Gasteiger partial charge on any atom is 0.256 e. The first kappa shape index (κ1) is 21.9. The van der Waals surface area contributed by atoms with Crippen LogP contribution in [0.5, 0.6) is 0 Å². The first-order valence-corrected chi connectivity index (χ1v) is 12.2. The molecule has 0 unspecified atom stereocenters. The quantitative estimate of drug-likeness (QED) is 0.482. The summed E-state index contributed by atoms with van der Waals surface area (Å²) in [5, 5.41) is 13.1. The molecule has 8 nitrogen and oxygen atoms in total. The second kappa shape index (κ2) is 8.53. The van der Waals surface area contributed by atoms with Crippen molar-refractivity contribution in [3.63, 3.8) is 0 Å². The van der Waals surface area contributed by atoms with Gasteiger partial charge in [0.2, 0.25) is 0 Å². The fourth-order valence-electron chi connectivity index (χ4n) is 5.55. The van der Waals surface area contributed by atoms with E-state index in [9.17, 15) is 4.79 Å². The Kier molecular flexibility index (Phi) is 5.33. The van der Waals surface area contributed by atoms with Crippen LogP contribution in [0.3, 0.4) is 0 Å². The highest BCUT2D eigenvalue weighted by Crippen LogP contribution is 2.56. The average molecular weight is 468 g/mol. The molecule has 6 rings (SSSR count). The van der Waals surface area contributed by atoms with E-state index >= 15 is 0 Å². The molecule has 35 heavy (non-hydrogen) atoms. The summed E-state index contributed by atoms with van der Waals surface area (Å²) in [7, 11) is 4.05. The van der Waals surface area contributed by atoms with E-state index in [2.05, 4.69) is 37.5 Å². The summed E-state index contributed by atoms with van der Waals surface area (Å²) < 4.78 is 1.68. The van der Waals surface area contributed by atoms with E-state index in [0.717, 1.165) is 27.7 Å². The molecule has 1 saturated carbocycles. The molecule has 1 spiro atoms. The zero-order valence-corrected chi connectivity index (χ0v) is 20.1. The van der Waals surface area contributed by atoms with E-state index in [-0.39, 0.29) is 5.91 Å². The number of aromatic nitrogens is 5. The van der Waals surface area contributed by atoms with Crippen molar-refractivity contribution < 1.29 is 4.79 Å². The van der Waals surface area contributed by atoms with Gasteiger partial charge in [0.1, 0.15) is 11.5 Å². The fraction of sp³-hybridized carbons (Fsp3) is 0.370. The summed E-state index contributed by atoms with van der Waals surface area (Å²) in [5.41, 5.74) is 3.91. The lowest BCUT2D eigenvalue weighted by atomic mass is 9.56. The molecule has 1 amide bonds. The molecule has 0 radical (unpaired) electrons. The van der Waals surface area contributed by atoms with E-state index < -0.39 is 0 Å². The molecule has 8 heteroatoms.